The second-order valence-electron chi connectivity index (χ2n) is 8.75. The molecule has 0 aliphatic carbocycles. The van der Waals surface area contributed by atoms with Crippen molar-refractivity contribution in [3.63, 3.8) is 0 Å². The van der Waals surface area contributed by atoms with Gasteiger partial charge in [-0.25, -0.2) is 4.39 Å². The van der Waals surface area contributed by atoms with Gasteiger partial charge in [0, 0.05) is 38.7 Å². The third-order valence-electron chi connectivity index (χ3n) is 6.20. The van der Waals surface area contributed by atoms with Crippen molar-refractivity contribution in [3.8, 4) is 5.75 Å². The minimum absolute atomic E-state index is 0.0134. The van der Waals surface area contributed by atoms with Crippen LogP contribution in [0.15, 0.2) is 43.0 Å². The predicted molar refractivity (Wildman–Crippen MR) is 140 cm³/mol. The molecule has 2 N–H and O–H groups in total. The molecule has 0 aromatic heterocycles. The zero-order valence-electron chi connectivity index (χ0n) is 20.8. The molecule has 35 heavy (non-hydrogen) atoms. The van der Waals surface area contributed by atoms with Crippen molar-refractivity contribution in [2.45, 2.75) is 45.4 Å². The molecule has 0 spiro atoms. The molecule has 6 nitrogen and oxygen atoms in total. The van der Waals surface area contributed by atoms with Gasteiger partial charge in [-0.2, -0.15) is 0 Å². The number of nitrogens with zero attached hydrogens (tertiary/aromatic N) is 1. The van der Waals surface area contributed by atoms with Crippen molar-refractivity contribution in [3.05, 3.63) is 59.9 Å². The summed E-state index contributed by atoms with van der Waals surface area (Å²) >= 11 is 0. The van der Waals surface area contributed by atoms with E-state index >= 15 is 0 Å². The lowest BCUT2D eigenvalue weighted by Gasteiger charge is -2.23. The Balaban J connectivity index is 1.61. The minimum atomic E-state index is -0.567. The van der Waals surface area contributed by atoms with Gasteiger partial charge in [-0.05, 0) is 55.5 Å². The molecular weight excluding hydrogens is 445 g/mol. The lowest BCUT2D eigenvalue weighted by Crippen LogP contribution is -2.24. The molecule has 7 heteroatoms. The molecule has 0 radical (unpaired) electrons. The molecule has 2 aromatic carbocycles. The normalized spacial score (nSPS) is 12.9. The number of rotatable bonds is 13. The maximum atomic E-state index is 14.8. The van der Waals surface area contributed by atoms with Crippen molar-refractivity contribution in [1.29, 1.82) is 0 Å². The van der Waals surface area contributed by atoms with E-state index in [1.54, 1.807) is 37.4 Å². The summed E-state index contributed by atoms with van der Waals surface area (Å²) in [4.78, 5) is 27.2. The van der Waals surface area contributed by atoms with E-state index in [0.717, 1.165) is 44.5 Å². The second kappa shape index (κ2) is 12.9. The van der Waals surface area contributed by atoms with Crippen LogP contribution in [0.1, 0.15) is 61.4 Å². The summed E-state index contributed by atoms with van der Waals surface area (Å²) in [6.45, 7) is 8.95. The summed E-state index contributed by atoms with van der Waals surface area (Å²) < 4.78 is 20.6. The van der Waals surface area contributed by atoms with Gasteiger partial charge in [0.1, 0.15) is 11.6 Å². The number of unbranched alkanes of at least 4 members (excludes halogenated alkanes) is 1. The van der Waals surface area contributed by atoms with Crippen molar-refractivity contribution in [2.75, 3.05) is 43.5 Å². The Bertz CT molecular complexity index is 1030. The van der Waals surface area contributed by atoms with E-state index in [0.29, 0.717) is 43.0 Å². The lowest BCUT2D eigenvalue weighted by molar-refractivity contribution is -0.121. The highest BCUT2D eigenvalue weighted by atomic mass is 19.1. The number of amides is 1. The van der Waals surface area contributed by atoms with Crippen molar-refractivity contribution < 1.29 is 18.7 Å². The topological polar surface area (TPSA) is 70.7 Å². The average Bonchev–Trinajstić information content (AvgIpc) is 3.41. The van der Waals surface area contributed by atoms with Gasteiger partial charge in [0.2, 0.25) is 5.91 Å². The molecule has 3 rings (SSSR count). The predicted octanol–water partition coefficient (Wildman–Crippen LogP) is 5.44. The highest BCUT2D eigenvalue weighted by Gasteiger charge is 2.25. The molecule has 1 amide bonds. The number of ketones is 1. The first-order valence-electron chi connectivity index (χ1n) is 12.4. The van der Waals surface area contributed by atoms with Gasteiger partial charge in [-0.15, -0.1) is 0 Å². The standard InChI is InChI=1S/C28H36FN3O3/c1-4-5-16-31-25(33)9-8-19-35-22-12-10-21(11-13-22)20(2)28(34)26-23(29)14-15-24(27(26)30-3)32-17-6-7-18-32/h10-15,30H,2,4-9,16-19H2,1,3H3,(H,31,33). The minimum Gasteiger partial charge on any atom is -0.494 e. The lowest BCUT2D eigenvalue weighted by atomic mass is 9.95. The molecule has 1 fully saturated rings. The number of ether oxygens (including phenoxy) is 1. The largest absolute Gasteiger partial charge is 0.494 e. The summed E-state index contributed by atoms with van der Waals surface area (Å²) in [5, 5.41) is 5.92. The maximum Gasteiger partial charge on any atom is 0.220 e. The van der Waals surface area contributed by atoms with Crippen molar-refractivity contribution in [2.24, 2.45) is 0 Å². The molecule has 0 atom stereocenters. The van der Waals surface area contributed by atoms with Crippen LogP contribution < -0.4 is 20.3 Å². The highest BCUT2D eigenvalue weighted by Crippen LogP contribution is 2.36. The Morgan fingerprint density at radius 2 is 1.80 bits per heavy atom. The third kappa shape index (κ3) is 6.84. The molecule has 0 unspecified atom stereocenters. The molecule has 0 bridgehead atoms. The molecule has 188 valence electrons. The van der Waals surface area contributed by atoms with Crippen LogP contribution in [0, 0.1) is 5.82 Å². The summed E-state index contributed by atoms with van der Waals surface area (Å²) in [7, 11) is 1.70. The number of nitrogens with one attached hydrogen (secondary N) is 2. The number of hydrogen-bond donors (Lipinski definition) is 2. The van der Waals surface area contributed by atoms with E-state index in [1.165, 1.54) is 6.07 Å². The molecule has 1 aliphatic heterocycles. The van der Waals surface area contributed by atoms with Crippen LogP contribution in [0.3, 0.4) is 0 Å². The number of carbonyl (C=O) groups excluding carboxylic acids is 2. The van der Waals surface area contributed by atoms with E-state index in [9.17, 15) is 14.0 Å². The Kier molecular flexibility index (Phi) is 9.70. The fourth-order valence-corrected chi connectivity index (χ4v) is 4.21. The summed E-state index contributed by atoms with van der Waals surface area (Å²) in [5.74, 6) is -0.342. The molecule has 0 saturated carbocycles. The quantitative estimate of drug-likeness (QED) is 0.227. The first-order chi connectivity index (χ1) is 17.0. The van der Waals surface area contributed by atoms with Gasteiger partial charge in [0.05, 0.1) is 23.5 Å². The van der Waals surface area contributed by atoms with Crippen LogP contribution >= 0.6 is 0 Å². The Hall–Kier alpha value is -3.35. The number of carbonyl (C=O) groups is 2. The van der Waals surface area contributed by atoms with Gasteiger partial charge in [0.25, 0.3) is 0 Å². The van der Waals surface area contributed by atoms with E-state index in [1.807, 2.05) is 0 Å². The van der Waals surface area contributed by atoms with E-state index in [2.05, 4.69) is 29.0 Å². The van der Waals surface area contributed by atoms with Crippen LogP contribution in [-0.4, -0.2) is 45.0 Å². The number of anilines is 2. The Morgan fingerprint density at radius 1 is 1.09 bits per heavy atom. The van der Waals surface area contributed by atoms with Crippen molar-refractivity contribution in [1.82, 2.24) is 5.32 Å². The van der Waals surface area contributed by atoms with Gasteiger partial charge >= 0.3 is 0 Å². The van der Waals surface area contributed by atoms with Crippen LogP contribution in [-0.2, 0) is 4.79 Å². The van der Waals surface area contributed by atoms with Gasteiger partial charge in [0.15, 0.2) is 5.78 Å². The number of benzene rings is 2. The smallest absolute Gasteiger partial charge is 0.220 e. The fraction of sp³-hybridized carbons (Fsp3) is 0.429. The molecular formula is C28H36FN3O3. The third-order valence-corrected chi connectivity index (χ3v) is 6.20. The fourth-order valence-electron chi connectivity index (χ4n) is 4.21. The SMILES string of the molecule is C=C(C(=O)c1c(F)ccc(N2CCCC2)c1NC)c1ccc(OCCCC(=O)NCCCC)cc1. The maximum absolute atomic E-state index is 14.8. The van der Waals surface area contributed by atoms with E-state index < -0.39 is 11.6 Å². The summed E-state index contributed by atoms with van der Waals surface area (Å²) in [5.41, 5.74) is 2.17. The Morgan fingerprint density at radius 3 is 2.46 bits per heavy atom. The van der Waals surface area contributed by atoms with Crippen LogP contribution in [0.25, 0.3) is 5.57 Å². The van der Waals surface area contributed by atoms with E-state index in [-0.39, 0.29) is 17.0 Å². The number of halogens is 1. The summed E-state index contributed by atoms with van der Waals surface area (Å²) in [6, 6.07) is 10.1. The van der Waals surface area contributed by atoms with E-state index in [4.69, 9.17) is 4.74 Å². The summed E-state index contributed by atoms with van der Waals surface area (Å²) in [6.07, 6.45) is 5.23. The monoisotopic (exact) mass is 481 g/mol. The second-order valence-corrected chi connectivity index (χ2v) is 8.75. The first-order valence-corrected chi connectivity index (χ1v) is 12.4. The number of hydrogen-bond acceptors (Lipinski definition) is 5. The first kappa shape index (κ1) is 26.3. The average molecular weight is 482 g/mol. The van der Waals surface area contributed by atoms with Crippen LogP contribution in [0.4, 0.5) is 15.8 Å². The molecule has 1 saturated heterocycles. The van der Waals surface area contributed by atoms with Crippen LogP contribution in [0.5, 0.6) is 5.75 Å². The molecule has 1 aliphatic rings. The van der Waals surface area contributed by atoms with Crippen LogP contribution in [0.2, 0.25) is 0 Å². The number of Topliss-reactive ketones (excluding diaryl/α,β-unsaturated/α-hetero) is 1. The van der Waals surface area contributed by atoms with Gasteiger partial charge in [-0.3, -0.25) is 9.59 Å². The van der Waals surface area contributed by atoms with Gasteiger partial charge in [-0.1, -0.05) is 32.1 Å². The highest BCUT2D eigenvalue weighted by molar-refractivity contribution is 6.30. The van der Waals surface area contributed by atoms with Crippen molar-refractivity contribution >= 4 is 28.6 Å². The number of allylic oxidation sites excluding steroid dienone is 1. The zero-order valence-corrected chi connectivity index (χ0v) is 20.8. The molecule has 1 heterocycles. The zero-order chi connectivity index (χ0) is 25.2. The molecule has 2 aromatic rings. The Labute approximate surface area is 207 Å². The van der Waals surface area contributed by atoms with Gasteiger partial charge < -0.3 is 20.3 Å².